The van der Waals surface area contributed by atoms with E-state index in [1.54, 1.807) is 44.2 Å². The van der Waals surface area contributed by atoms with Crippen LogP contribution in [0.4, 0.5) is 5.82 Å². The maximum atomic E-state index is 13.3. The monoisotopic (exact) mass is 391 g/mol. The van der Waals surface area contributed by atoms with Gasteiger partial charge in [-0.1, -0.05) is 32.0 Å². The fourth-order valence-electron chi connectivity index (χ4n) is 3.69. The Hall–Kier alpha value is -3.08. The number of aromatic nitrogens is 2. The van der Waals surface area contributed by atoms with Crippen LogP contribution in [0.15, 0.2) is 48.5 Å². The lowest BCUT2D eigenvalue weighted by molar-refractivity contribution is -0.119. The van der Waals surface area contributed by atoms with Crippen molar-refractivity contribution in [2.24, 2.45) is 5.89 Å². The summed E-state index contributed by atoms with van der Waals surface area (Å²) in [6.07, 6.45) is 0.803. The smallest absolute Gasteiger partial charge is 0.260 e. The van der Waals surface area contributed by atoms with E-state index in [9.17, 15) is 9.59 Å². The van der Waals surface area contributed by atoms with E-state index < -0.39 is 18.8 Å². The molecular weight excluding hydrogens is 362 g/mol. The molecule has 2 aromatic heterocycles. The van der Waals surface area contributed by atoms with Crippen LogP contribution < -0.4 is 4.90 Å². The van der Waals surface area contributed by atoms with Gasteiger partial charge in [0, 0.05) is 35.0 Å². The number of nitrogens with zero attached hydrogens (tertiary/aromatic N) is 3. The number of fused-ring (bicyclic) bond motifs is 2. The van der Waals surface area contributed by atoms with Crippen LogP contribution in [-0.2, 0) is 4.79 Å². The third-order valence-electron chi connectivity index (χ3n) is 5.19. The lowest BCUT2D eigenvalue weighted by atomic mass is 9.97. The molecule has 1 atom stereocenters. The van der Waals surface area contributed by atoms with Crippen molar-refractivity contribution in [3.05, 3.63) is 65.4 Å². The Morgan fingerprint density at radius 3 is 2.76 bits per heavy atom. The zero-order chi connectivity index (χ0) is 24.0. The fourth-order valence-corrected chi connectivity index (χ4v) is 3.69. The van der Waals surface area contributed by atoms with Gasteiger partial charge in [-0.3, -0.25) is 14.5 Å². The first-order valence-electron chi connectivity index (χ1n) is 11.7. The molecule has 0 radical (unpaired) electrons. The molecule has 5 nitrogen and oxygen atoms in total. The number of hydrogen-bond acceptors (Lipinski definition) is 4. The summed E-state index contributed by atoms with van der Waals surface area (Å²) in [5.41, 5.74) is 1.43. The summed E-state index contributed by atoms with van der Waals surface area (Å²) in [5, 5.41) is 0.654. The molecule has 3 aromatic rings. The SMILES string of the molecule is [2H]C(C)(C)CCC(=O)C[C@H]1c2ccccc2C(=O)N1c1ccc2ccc(C([2H])([2H])[2H])nc2n1. The van der Waals surface area contributed by atoms with E-state index in [-0.39, 0.29) is 35.9 Å². The fraction of sp³-hybridized carbons (Fsp3) is 0.333. The number of amides is 1. The van der Waals surface area contributed by atoms with E-state index >= 15 is 0 Å². The van der Waals surface area contributed by atoms with Gasteiger partial charge < -0.3 is 0 Å². The van der Waals surface area contributed by atoms with Crippen molar-refractivity contribution < 1.29 is 15.1 Å². The molecule has 1 amide bonds. The molecule has 4 rings (SSSR count). The summed E-state index contributed by atoms with van der Waals surface area (Å²) in [5.74, 6) is -0.677. The van der Waals surface area contributed by atoms with Crippen molar-refractivity contribution in [2.75, 3.05) is 4.90 Å². The number of rotatable bonds is 6. The van der Waals surface area contributed by atoms with Crippen molar-refractivity contribution in [1.29, 1.82) is 0 Å². The van der Waals surface area contributed by atoms with Crippen LogP contribution in [0.2, 0.25) is 0 Å². The molecule has 0 fully saturated rings. The molecule has 0 bridgehead atoms. The molecule has 0 saturated heterocycles. The maximum absolute atomic E-state index is 13.3. The lowest BCUT2D eigenvalue weighted by Gasteiger charge is -2.24. The highest BCUT2D eigenvalue weighted by atomic mass is 16.2. The second-order valence-electron chi connectivity index (χ2n) is 7.64. The molecular formula is C24H25N3O2. The summed E-state index contributed by atoms with van der Waals surface area (Å²) in [7, 11) is 0. The third kappa shape index (κ3) is 3.77. The molecule has 5 heteroatoms. The van der Waals surface area contributed by atoms with Gasteiger partial charge in [-0.05, 0) is 55.1 Å². The maximum Gasteiger partial charge on any atom is 0.260 e. The molecule has 0 N–H and O–H groups in total. The number of pyridine rings is 2. The first-order valence-corrected chi connectivity index (χ1v) is 9.66. The summed E-state index contributed by atoms with van der Waals surface area (Å²) in [6.45, 7) is 1.16. The molecule has 0 aliphatic carbocycles. The Balaban J connectivity index is 1.72. The average Bonchev–Trinajstić information content (AvgIpc) is 3.02. The van der Waals surface area contributed by atoms with Crippen molar-refractivity contribution in [1.82, 2.24) is 9.97 Å². The van der Waals surface area contributed by atoms with E-state index in [1.807, 2.05) is 12.1 Å². The van der Waals surface area contributed by atoms with Gasteiger partial charge in [-0.2, -0.15) is 0 Å². The van der Waals surface area contributed by atoms with Gasteiger partial charge in [0.15, 0.2) is 5.65 Å². The van der Waals surface area contributed by atoms with Crippen molar-refractivity contribution >= 4 is 28.5 Å². The van der Waals surface area contributed by atoms with Crippen LogP contribution in [-0.4, -0.2) is 21.7 Å². The summed E-state index contributed by atoms with van der Waals surface area (Å²) in [4.78, 5) is 36.3. The number of Topliss-reactive ketones (excluding diaryl/α,β-unsaturated/α-hetero) is 1. The van der Waals surface area contributed by atoms with Crippen LogP contribution in [0.3, 0.4) is 0 Å². The first kappa shape index (κ1) is 14.9. The number of aryl methyl sites for hydroxylation is 1. The predicted octanol–water partition coefficient (Wildman–Crippen LogP) is 5.04. The van der Waals surface area contributed by atoms with E-state index in [4.69, 9.17) is 5.48 Å². The average molecular weight is 392 g/mol. The Bertz CT molecular complexity index is 1230. The van der Waals surface area contributed by atoms with Gasteiger partial charge in [-0.25, -0.2) is 9.97 Å². The second-order valence-corrected chi connectivity index (χ2v) is 7.64. The Morgan fingerprint density at radius 1 is 1.17 bits per heavy atom. The van der Waals surface area contributed by atoms with Gasteiger partial charge in [0.25, 0.3) is 5.91 Å². The minimum atomic E-state index is -2.37. The van der Waals surface area contributed by atoms with E-state index in [0.29, 0.717) is 23.2 Å². The van der Waals surface area contributed by atoms with Crippen LogP contribution in [0.1, 0.15) is 66.3 Å². The van der Waals surface area contributed by atoms with Crippen LogP contribution >= 0.6 is 0 Å². The van der Waals surface area contributed by atoms with E-state index in [1.165, 1.54) is 11.0 Å². The van der Waals surface area contributed by atoms with Gasteiger partial charge >= 0.3 is 0 Å². The molecule has 1 aliphatic heterocycles. The molecule has 3 heterocycles. The summed E-state index contributed by atoms with van der Waals surface area (Å²) < 4.78 is 30.8. The molecule has 0 spiro atoms. The minimum absolute atomic E-state index is 0.0292. The highest BCUT2D eigenvalue weighted by Gasteiger charge is 2.39. The Morgan fingerprint density at radius 2 is 1.97 bits per heavy atom. The van der Waals surface area contributed by atoms with Gasteiger partial charge in [0.1, 0.15) is 11.6 Å². The van der Waals surface area contributed by atoms with Crippen LogP contribution in [0.5, 0.6) is 0 Å². The van der Waals surface area contributed by atoms with Crippen molar-refractivity contribution in [3.63, 3.8) is 0 Å². The molecule has 1 aliphatic rings. The van der Waals surface area contributed by atoms with Gasteiger partial charge in [-0.15, -0.1) is 0 Å². The largest absolute Gasteiger partial charge is 0.300 e. The summed E-state index contributed by atoms with van der Waals surface area (Å²) >= 11 is 0. The first-order chi connectivity index (χ1) is 15.4. The van der Waals surface area contributed by atoms with Crippen molar-refractivity contribution in [3.8, 4) is 0 Å². The van der Waals surface area contributed by atoms with Gasteiger partial charge in [0.05, 0.1) is 6.04 Å². The minimum Gasteiger partial charge on any atom is -0.300 e. The quantitative estimate of drug-likeness (QED) is 0.591. The number of carbonyl (C=O) groups is 2. The third-order valence-corrected chi connectivity index (χ3v) is 5.19. The number of hydrogen-bond donors (Lipinski definition) is 0. The number of benzene rings is 1. The standard InChI is InChI=1S/C24H25N3O2/c1-15(2)8-12-18(28)14-21-19-6-4-5-7-20(19)24(29)27(21)22-13-11-17-10-9-16(3)25-23(17)26-22/h4-7,9-11,13,15,21H,8,12,14H2,1-3H3/t21-/m0/s1/i3D3,15D. The molecule has 0 unspecified atom stereocenters. The second kappa shape index (κ2) is 7.74. The topological polar surface area (TPSA) is 63.2 Å². The molecule has 148 valence electrons. The molecule has 0 saturated carbocycles. The number of anilines is 1. The van der Waals surface area contributed by atoms with Gasteiger partial charge in [0.2, 0.25) is 0 Å². The zero-order valence-corrected chi connectivity index (χ0v) is 16.5. The van der Waals surface area contributed by atoms with Crippen LogP contribution in [0.25, 0.3) is 11.0 Å². The van der Waals surface area contributed by atoms with Crippen LogP contribution in [0, 0.1) is 12.7 Å². The van der Waals surface area contributed by atoms with E-state index in [0.717, 1.165) is 5.56 Å². The molecule has 1 aromatic carbocycles. The lowest BCUT2D eigenvalue weighted by Crippen LogP contribution is -2.30. The number of ketones is 1. The molecule has 29 heavy (non-hydrogen) atoms. The Kier molecular flexibility index (Phi) is 3.96. The van der Waals surface area contributed by atoms with Crippen molar-refractivity contribution in [2.45, 2.75) is 46.0 Å². The highest BCUT2D eigenvalue weighted by molar-refractivity contribution is 6.11. The highest BCUT2D eigenvalue weighted by Crippen LogP contribution is 2.39. The predicted molar refractivity (Wildman–Crippen MR) is 114 cm³/mol. The normalized spacial score (nSPS) is 18.8. The number of carbonyl (C=O) groups excluding carboxylic acids is 2. The zero-order valence-electron chi connectivity index (χ0n) is 20.5. The summed E-state index contributed by atoms with van der Waals surface area (Å²) in [6, 6.07) is 13.2. The Labute approximate surface area is 176 Å². The van der Waals surface area contributed by atoms with E-state index in [2.05, 4.69) is 9.97 Å².